The van der Waals surface area contributed by atoms with Gasteiger partial charge in [0.25, 0.3) is 5.91 Å². The molecule has 0 radical (unpaired) electrons. The van der Waals surface area contributed by atoms with Crippen LogP contribution in [0.1, 0.15) is 78.9 Å². The highest BCUT2D eigenvalue weighted by Crippen LogP contribution is 2.24. The third-order valence-corrected chi connectivity index (χ3v) is 5.89. The van der Waals surface area contributed by atoms with Crippen molar-refractivity contribution >= 4 is 23.5 Å². The van der Waals surface area contributed by atoms with Gasteiger partial charge in [-0.15, -0.1) is 0 Å². The molecule has 3 rings (SSSR count). The Kier molecular flexibility index (Phi) is 8.79. The molecule has 0 unspecified atom stereocenters. The van der Waals surface area contributed by atoms with E-state index in [1.807, 2.05) is 6.92 Å². The van der Waals surface area contributed by atoms with Gasteiger partial charge in [0.05, 0.1) is 6.61 Å². The Morgan fingerprint density at radius 3 is 2.56 bits per heavy atom. The Labute approximate surface area is 199 Å². The second-order valence-corrected chi connectivity index (χ2v) is 8.58. The van der Waals surface area contributed by atoms with E-state index in [-0.39, 0.29) is 36.5 Å². The molecule has 184 valence electrons. The van der Waals surface area contributed by atoms with Crippen LogP contribution < -0.4 is 10.2 Å². The van der Waals surface area contributed by atoms with Crippen molar-refractivity contribution in [2.45, 2.75) is 71.9 Å². The fraction of sp³-hybridized carbons (Fsp3) is 0.520. The zero-order valence-electron chi connectivity index (χ0n) is 20.1. The Morgan fingerprint density at radius 2 is 1.91 bits per heavy atom. The average Bonchev–Trinajstić information content (AvgIpc) is 3.23. The molecule has 1 N–H and O–H groups in total. The largest absolute Gasteiger partial charge is 0.461 e. The van der Waals surface area contributed by atoms with E-state index < -0.39 is 17.7 Å². The van der Waals surface area contributed by atoms with Crippen LogP contribution in [0.5, 0.6) is 0 Å². The first-order valence-corrected chi connectivity index (χ1v) is 12.0. The fourth-order valence-corrected chi connectivity index (χ4v) is 4.27. The van der Waals surface area contributed by atoms with E-state index >= 15 is 0 Å². The number of carbonyl (C=O) groups excluding carboxylic acids is 3. The molecule has 8 nitrogen and oxygen atoms in total. The van der Waals surface area contributed by atoms with E-state index in [0.717, 1.165) is 32.1 Å². The Morgan fingerprint density at radius 1 is 1.18 bits per heavy atom. The third-order valence-electron chi connectivity index (χ3n) is 5.89. The lowest BCUT2D eigenvalue weighted by Crippen LogP contribution is -2.45. The summed E-state index contributed by atoms with van der Waals surface area (Å²) < 4.78 is 20.3. The third kappa shape index (κ3) is 6.21. The second-order valence-electron chi connectivity index (χ2n) is 8.58. The molecule has 2 aromatic rings. The van der Waals surface area contributed by atoms with E-state index in [0.29, 0.717) is 24.2 Å². The smallest absolute Gasteiger partial charge is 0.358 e. The van der Waals surface area contributed by atoms with Crippen LogP contribution in [0.25, 0.3) is 0 Å². The summed E-state index contributed by atoms with van der Waals surface area (Å²) in [6.07, 6.45) is 5.82. The van der Waals surface area contributed by atoms with Gasteiger partial charge in [0.1, 0.15) is 18.1 Å². The Hall–Kier alpha value is -3.23. The van der Waals surface area contributed by atoms with E-state index in [1.165, 1.54) is 33.8 Å². The lowest BCUT2D eigenvalue weighted by atomic mass is 9.95. The topological polar surface area (TPSA) is 93.5 Å². The summed E-state index contributed by atoms with van der Waals surface area (Å²) in [5, 5.41) is 7.29. The maximum Gasteiger partial charge on any atom is 0.358 e. The van der Waals surface area contributed by atoms with Crippen molar-refractivity contribution in [1.29, 1.82) is 0 Å². The van der Waals surface area contributed by atoms with Gasteiger partial charge >= 0.3 is 5.97 Å². The van der Waals surface area contributed by atoms with Gasteiger partial charge in [-0.1, -0.05) is 26.2 Å². The molecule has 0 atom stereocenters. The molecule has 0 aliphatic heterocycles. The van der Waals surface area contributed by atoms with Crippen molar-refractivity contribution in [2.75, 3.05) is 18.1 Å². The van der Waals surface area contributed by atoms with Gasteiger partial charge in [0.2, 0.25) is 5.91 Å². The fourth-order valence-electron chi connectivity index (χ4n) is 4.27. The van der Waals surface area contributed by atoms with Crippen LogP contribution in [0.4, 0.5) is 10.1 Å². The van der Waals surface area contributed by atoms with Gasteiger partial charge in [-0.25, -0.2) is 9.18 Å². The summed E-state index contributed by atoms with van der Waals surface area (Å²) >= 11 is 0. The number of hydrogen-bond acceptors (Lipinski definition) is 5. The number of anilines is 1. The summed E-state index contributed by atoms with van der Waals surface area (Å²) in [5.41, 5.74) is 1.14. The van der Waals surface area contributed by atoms with Crippen LogP contribution in [0.3, 0.4) is 0 Å². The van der Waals surface area contributed by atoms with E-state index in [2.05, 4.69) is 10.4 Å². The summed E-state index contributed by atoms with van der Waals surface area (Å²) in [7, 11) is 0. The normalized spacial score (nSPS) is 14.0. The van der Waals surface area contributed by atoms with Crippen molar-refractivity contribution < 1.29 is 23.5 Å². The molecule has 1 aliphatic rings. The SMILES string of the molecule is CCCn1nc(C(=O)OCC)cc1C(=O)N(CC(=O)NC1CCCCC1)c1ccc(F)cc1C. The van der Waals surface area contributed by atoms with Gasteiger partial charge in [-0.05, 0) is 56.9 Å². The first kappa shape index (κ1) is 25.4. The maximum atomic E-state index is 13.8. The van der Waals surface area contributed by atoms with Crippen LogP contribution >= 0.6 is 0 Å². The van der Waals surface area contributed by atoms with Gasteiger partial charge < -0.3 is 10.1 Å². The van der Waals surface area contributed by atoms with Crippen LogP contribution in [0.15, 0.2) is 24.3 Å². The van der Waals surface area contributed by atoms with Gasteiger partial charge in [-0.3, -0.25) is 19.2 Å². The maximum absolute atomic E-state index is 13.8. The van der Waals surface area contributed by atoms with Crippen LogP contribution in [0.2, 0.25) is 0 Å². The lowest BCUT2D eigenvalue weighted by molar-refractivity contribution is -0.120. The van der Waals surface area contributed by atoms with Crippen molar-refractivity contribution in [2.24, 2.45) is 0 Å². The molecule has 1 saturated carbocycles. The molecule has 2 amide bonds. The number of aryl methyl sites for hydroxylation is 2. The van der Waals surface area contributed by atoms with Gasteiger partial charge in [-0.2, -0.15) is 5.10 Å². The number of nitrogens with zero attached hydrogens (tertiary/aromatic N) is 3. The van der Waals surface area contributed by atoms with Crippen molar-refractivity contribution in [3.8, 4) is 0 Å². The summed E-state index contributed by atoms with van der Waals surface area (Å²) in [5.74, 6) is -1.83. The number of halogens is 1. The molecule has 1 heterocycles. The highest BCUT2D eigenvalue weighted by atomic mass is 19.1. The predicted octanol–water partition coefficient (Wildman–Crippen LogP) is 4.01. The van der Waals surface area contributed by atoms with E-state index in [1.54, 1.807) is 13.8 Å². The zero-order valence-corrected chi connectivity index (χ0v) is 20.1. The van der Waals surface area contributed by atoms with E-state index in [4.69, 9.17) is 4.74 Å². The first-order valence-electron chi connectivity index (χ1n) is 12.0. The van der Waals surface area contributed by atoms with Crippen molar-refractivity contribution in [3.05, 3.63) is 47.0 Å². The average molecular weight is 473 g/mol. The predicted molar refractivity (Wildman–Crippen MR) is 126 cm³/mol. The van der Waals surface area contributed by atoms with Crippen LogP contribution in [-0.4, -0.2) is 46.8 Å². The summed E-state index contributed by atoms with van der Waals surface area (Å²) in [6.45, 7) is 5.67. The minimum Gasteiger partial charge on any atom is -0.461 e. The number of ether oxygens (including phenoxy) is 1. The minimum absolute atomic E-state index is 0.0288. The number of rotatable bonds is 9. The number of amides is 2. The quantitative estimate of drug-likeness (QED) is 0.557. The van der Waals surface area contributed by atoms with E-state index in [9.17, 15) is 18.8 Å². The molecular formula is C25H33FN4O4. The Bertz CT molecular complexity index is 1030. The molecule has 0 bridgehead atoms. The number of hydrogen-bond donors (Lipinski definition) is 1. The standard InChI is InChI=1S/C25H33FN4O4/c1-4-13-30-22(15-20(28-30)25(33)34-5-2)24(32)29(21-12-11-18(26)14-17(21)3)16-23(31)27-19-9-7-6-8-10-19/h11-12,14-15,19H,4-10,13,16H2,1-3H3,(H,27,31). The van der Waals surface area contributed by atoms with Crippen LogP contribution in [-0.2, 0) is 16.1 Å². The molecular weight excluding hydrogens is 439 g/mol. The highest BCUT2D eigenvalue weighted by Gasteiger charge is 2.28. The number of benzene rings is 1. The number of esters is 1. The molecule has 1 aliphatic carbocycles. The number of aromatic nitrogens is 2. The number of carbonyl (C=O) groups is 3. The highest BCUT2D eigenvalue weighted by molar-refractivity contribution is 6.09. The first-order chi connectivity index (χ1) is 16.3. The molecule has 1 fully saturated rings. The molecule has 9 heteroatoms. The monoisotopic (exact) mass is 472 g/mol. The summed E-state index contributed by atoms with van der Waals surface area (Å²) in [6, 6.07) is 5.55. The molecule has 0 spiro atoms. The zero-order chi connectivity index (χ0) is 24.7. The minimum atomic E-state index is -0.619. The van der Waals surface area contributed by atoms with Crippen molar-refractivity contribution in [3.63, 3.8) is 0 Å². The van der Waals surface area contributed by atoms with Gasteiger partial charge in [0.15, 0.2) is 5.69 Å². The van der Waals surface area contributed by atoms with Gasteiger partial charge in [0, 0.05) is 24.3 Å². The molecule has 0 saturated heterocycles. The number of nitrogens with one attached hydrogen (secondary N) is 1. The molecule has 1 aromatic carbocycles. The van der Waals surface area contributed by atoms with Crippen LogP contribution in [0, 0.1) is 12.7 Å². The lowest BCUT2D eigenvalue weighted by Gasteiger charge is -2.27. The summed E-state index contributed by atoms with van der Waals surface area (Å²) in [4.78, 5) is 40.2. The molecule has 1 aromatic heterocycles. The second kappa shape index (κ2) is 11.8. The Balaban J connectivity index is 1.94. The van der Waals surface area contributed by atoms with Crippen molar-refractivity contribution in [1.82, 2.24) is 15.1 Å². The molecule has 34 heavy (non-hydrogen) atoms.